The van der Waals surface area contributed by atoms with Gasteiger partial charge in [0.2, 0.25) is 0 Å². The average molecular weight is 337 g/mol. The average Bonchev–Trinajstić information content (AvgIpc) is 2.76. The lowest BCUT2D eigenvalue weighted by molar-refractivity contribution is 0.499. The SMILES string of the molecule is CCC(C)NC(=NC)NCc1ccco1.I. The van der Waals surface area contributed by atoms with Crippen molar-refractivity contribution in [3.05, 3.63) is 24.2 Å². The zero-order chi connectivity index (χ0) is 11.1. The standard InChI is InChI=1S/C11H19N3O.HI/c1-4-9(2)14-11(12-3)13-8-10-6-5-7-15-10;/h5-7,9H,4,8H2,1-3H3,(H2,12,13,14);1H. The first-order valence-electron chi connectivity index (χ1n) is 5.25. The van der Waals surface area contributed by atoms with E-state index in [1.54, 1.807) is 13.3 Å². The Bertz CT molecular complexity index is 298. The van der Waals surface area contributed by atoms with E-state index in [0.717, 1.165) is 18.1 Å². The molecular weight excluding hydrogens is 317 g/mol. The molecular formula is C11H20IN3O. The van der Waals surface area contributed by atoms with Crippen LogP contribution in [0.2, 0.25) is 0 Å². The maximum atomic E-state index is 5.21. The van der Waals surface area contributed by atoms with Gasteiger partial charge in [-0.2, -0.15) is 0 Å². The summed E-state index contributed by atoms with van der Waals surface area (Å²) in [6, 6.07) is 4.23. The topological polar surface area (TPSA) is 49.6 Å². The number of rotatable bonds is 4. The smallest absolute Gasteiger partial charge is 0.191 e. The monoisotopic (exact) mass is 337 g/mol. The predicted octanol–water partition coefficient (Wildman–Crippen LogP) is 2.36. The van der Waals surface area contributed by atoms with Crippen LogP contribution in [0.15, 0.2) is 27.8 Å². The molecule has 5 heteroatoms. The quantitative estimate of drug-likeness (QED) is 0.504. The zero-order valence-electron chi connectivity index (χ0n) is 9.99. The van der Waals surface area contributed by atoms with Gasteiger partial charge in [-0.3, -0.25) is 4.99 Å². The van der Waals surface area contributed by atoms with E-state index in [1.165, 1.54) is 0 Å². The fourth-order valence-electron chi connectivity index (χ4n) is 1.11. The third-order valence-electron chi connectivity index (χ3n) is 2.23. The molecule has 2 N–H and O–H groups in total. The highest BCUT2D eigenvalue weighted by atomic mass is 127. The number of halogens is 1. The number of hydrogen-bond acceptors (Lipinski definition) is 2. The van der Waals surface area contributed by atoms with E-state index < -0.39 is 0 Å². The molecule has 92 valence electrons. The molecule has 1 rings (SSSR count). The molecule has 0 aromatic carbocycles. The molecule has 0 amide bonds. The number of nitrogens with one attached hydrogen (secondary N) is 2. The zero-order valence-corrected chi connectivity index (χ0v) is 12.3. The third kappa shape index (κ3) is 5.39. The Morgan fingerprint density at radius 3 is 2.81 bits per heavy atom. The van der Waals surface area contributed by atoms with Gasteiger partial charge >= 0.3 is 0 Å². The lowest BCUT2D eigenvalue weighted by Gasteiger charge is -2.15. The molecule has 0 bridgehead atoms. The fourth-order valence-corrected chi connectivity index (χ4v) is 1.11. The summed E-state index contributed by atoms with van der Waals surface area (Å²) < 4.78 is 5.21. The second-order valence-electron chi connectivity index (χ2n) is 3.46. The van der Waals surface area contributed by atoms with Crippen LogP contribution >= 0.6 is 24.0 Å². The summed E-state index contributed by atoms with van der Waals surface area (Å²) in [5.41, 5.74) is 0. The van der Waals surface area contributed by atoms with E-state index in [2.05, 4.69) is 29.5 Å². The lowest BCUT2D eigenvalue weighted by Crippen LogP contribution is -2.41. The number of furan rings is 1. The third-order valence-corrected chi connectivity index (χ3v) is 2.23. The number of aliphatic imine (C=N–C) groups is 1. The normalized spacial score (nSPS) is 12.8. The highest BCUT2D eigenvalue weighted by Crippen LogP contribution is 1.98. The van der Waals surface area contributed by atoms with Gasteiger partial charge in [0.05, 0.1) is 12.8 Å². The summed E-state index contributed by atoms with van der Waals surface area (Å²) in [7, 11) is 1.76. The molecule has 0 aliphatic heterocycles. The first-order valence-corrected chi connectivity index (χ1v) is 5.25. The summed E-state index contributed by atoms with van der Waals surface area (Å²) in [6.45, 7) is 4.92. The van der Waals surface area contributed by atoms with Crippen LogP contribution < -0.4 is 10.6 Å². The van der Waals surface area contributed by atoms with Crippen LogP contribution in [0.5, 0.6) is 0 Å². The van der Waals surface area contributed by atoms with Crippen molar-refractivity contribution >= 4 is 29.9 Å². The van der Waals surface area contributed by atoms with Crippen molar-refractivity contribution in [3.63, 3.8) is 0 Å². The van der Waals surface area contributed by atoms with E-state index in [-0.39, 0.29) is 24.0 Å². The van der Waals surface area contributed by atoms with E-state index in [1.807, 2.05) is 12.1 Å². The Morgan fingerprint density at radius 2 is 2.31 bits per heavy atom. The van der Waals surface area contributed by atoms with E-state index in [4.69, 9.17) is 4.42 Å². The van der Waals surface area contributed by atoms with E-state index in [0.29, 0.717) is 12.6 Å². The van der Waals surface area contributed by atoms with E-state index in [9.17, 15) is 0 Å². The van der Waals surface area contributed by atoms with Crippen molar-refractivity contribution in [1.82, 2.24) is 10.6 Å². The van der Waals surface area contributed by atoms with Crippen LogP contribution in [0.3, 0.4) is 0 Å². The first kappa shape index (κ1) is 15.3. The second kappa shape index (κ2) is 8.43. The Morgan fingerprint density at radius 1 is 1.56 bits per heavy atom. The van der Waals surface area contributed by atoms with Gasteiger partial charge in [-0.25, -0.2) is 0 Å². The van der Waals surface area contributed by atoms with Crippen molar-refractivity contribution in [2.75, 3.05) is 7.05 Å². The molecule has 1 aromatic rings. The van der Waals surface area contributed by atoms with Crippen LogP contribution in [0.4, 0.5) is 0 Å². The van der Waals surface area contributed by atoms with Gasteiger partial charge in [-0.05, 0) is 25.5 Å². The van der Waals surface area contributed by atoms with Gasteiger partial charge in [0.1, 0.15) is 5.76 Å². The molecule has 0 aliphatic rings. The lowest BCUT2D eigenvalue weighted by atomic mass is 10.3. The minimum atomic E-state index is 0. The molecule has 0 radical (unpaired) electrons. The first-order chi connectivity index (χ1) is 7.26. The molecule has 1 aromatic heterocycles. The number of hydrogen-bond donors (Lipinski definition) is 2. The van der Waals surface area contributed by atoms with Gasteiger partial charge in [-0.1, -0.05) is 6.92 Å². The molecule has 0 spiro atoms. The number of nitrogens with zero attached hydrogens (tertiary/aromatic N) is 1. The maximum absolute atomic E-state index is 5.21. The van der Waals surface area contributed by atoms with Crippen molar-refractivity contribution in [1.29, 1.82) is 0 Å². The Kier molecular flexibility index (Phi) is 8.05. The Balaban J connectivity index is 0.00000225. The summed E-state index contributed by atoms with van der Waals surface area (Å²) in [5.74, 6) is 1.71. The minimum Gasteiger partial charge on any atom is -0.467 e. The summed E-state index contributed by atoms with van der Waals surface area (Å²) >= 11 is 0. The highest BCUT2D eigenvalue weighted by Gasteiger charge is 2.02. The van der Waals surface area contributed by atoms with Crippen molar-refractivity contribution < 1.29 is 4.42 Å². The van der Waals surface area contributed by atoms with Gasteiger partial charge in [0.15, 0.2) is 5.96 Å². The summed E-state index contributed by atoms with van der Waals surface area (Å²) in [6.07, 6.45) is 2.74. The molecule has 0 saturated carbocycles. The molecule has 0 saturated heterocycles. The summed E-state index contributed by atoms with van der Waals surface area (Å²) in [5, 5.41) is 6.46. The molecule has 1 unspecified atom stereocenters. The molecule has 16 heavy (non-hydrogen) atoms. The molecule has 1 heterocycles. The van der Waals surface area contributed by atoms with Crippen LogP contribution in [0, 0.1) is 0 Å². The van der Waals surface area contributed by atoms with Crippen LogP contribution in [0.1, 0.15) is 26.0 Å². The van der Waals surface area contributed by atoms with Gasteiger partial charge in [0.25, 0.3) is 0 Å². The molecule has 1 atom stereocenters. The highest BCUT2D eigenvalue weighted by molar-refractivity contribution is 14.0. The summed E-state index contributed by atoms with van der Waals surface area (Å²) in [4.78, 5) is 4.13. The molecule has 0 fully saturated rings. The number of guanidine groups is 1. The van der Waals surface area contributed by atoms with Gasteiger partial charge < -0.3 is 15.1 Å². The van der Waals surface area contributed by atoms with Crippen molar-refractivity contribution in [3.8, 4) is 0 Å². The Hall–Kier alpha value is -0.720. The second-order valence-corrected chi connectivity index (χ2v) is 3.46. The van der Waals surface area contributed by atoms with Crippen LogP contribution in [-0.4, -0.2) is 19.0 Å². The van der Waals surface area contributed by atoms with Gasteiger partial charge in [-0.15, -0.1) is 24.0 Å². The Labute approximate surface area is 114 Å². The van der Waals surface area contributed by atoms with Crippen molar-refractivity contribution in [2.24, 2.45) is 4.99 Å². The molecule has 4 nitrogen and oxygen atoms in total. The maximum Gasteiger partial charge on any atom is 0.191 e. The van der Waals surface area contributed by atoms with Crippen LogP contribution in [-0.2, 0) is 6.54 Å². The van der Waals surface area contributed by atoms with Crippen molar-refractivity contribution in [2.45, 2.75) is 32.9 Å². The van der Waals surface area contributed by atoms with Crippen LogP contribution in [0.25, 0.3) is 0 Å². The minimum absolute atomic E-state index is 0. The fraction of sp³-hybridized carbons (Fsp3) is 0.545. The van der Waals surface area contributed by atoms with E-state index >= 15 is 0 Å². The largest absolute Gasteiger partial charge is 0.467 e. The molecule has 0 aliphatic carbocycles. The van der Waals surface area contributed by atoms with Gasteiger partial charge in [0, 0.05) is 13.1 Å². The predicted molar refractivity (Wildman–Crippen MR) is 77.2 cm³/mol.